The van der Waals surface area contributed by atoms with Crippen molar-refractivity contribution in [2.45, 2.75) is 71.2 Å². The van der Waals surface area contributed by atoms with Gasteiger partial charge in [-0.3, -0.25) is 0 Å². The Morgan fingerprint density at radius 3 is 2.00 bits per heavy atom. The zero-order chi connectivity index (χ0) is 11.0. The lowest BCUT2D eigenvalue weighted by Gasteiger charge is -2.52. The minimum absolute atomic E-state index is 0.103. The third kappa shape index (κ3) is 2.12. The molecule has 0 bridgehead atoms. The molecule has 2 nitrogen and oxygen atoms in total. The van der Waals surface area contributed by atoms with E-state index in [2.05, 4.69) is 41.5 Å². The van der Waals surface area contributed by atoms with Crippen molar-refractivity contribution in [2.75, 3.05) is 6.61 Å². The van der Waals surface area contributed by atoms with Crippen molar-refractivity contribution >= 4 is 0 Å². The Labute approximate surface area is 88.0 Å². The van der Waals surface area contributed by atoms with Gasteiger partial charge in [-0.25, -0.2) is 0 Å². The molecule has 1 heterocycles. The monoisotopic (exact) mass is 200 g/mol. The molecule has 0 aromatic rings. The molecule has 1 saturated heterocycles. The van der Waals surface area contributed by atoms with Crippen molar-refractivity contribution in [3.8, 4) is 0 Å². The fourth-order valence-corrected chi connectivity index (χ4v) is 1.93. The molecule has 1 fully saturated rings. The summed E-state index contributed by atoms with van der Waals surface area (Å²) in [5.41, 5.74) is -0.511. The molecular formula is C12H24O2. The molecule has 0 aromatic carbocycles. The van der Waals surface area contributed by atoms with Gasteiger partial charge < -0.3 is 9.47 Å². The smallest absolute Gasteiger partial charge is 0.0918 e. The second kappa shape index (κ2) is 3.49. The van der Waals surface area contributed by atoms with Gasteiger partial charge in [-0.05, 0) is 41.0 Å². The van der Waals surface area contributed by atoms with E-state index in [9.17, 15) is 0 Å². The summed E-state index contributed by atoms with van der Waals surface area (Å²) < 4.78 is 12.1. The van der Waals surface area contributed by atoms with Gasteiger partial charge in [-0.2, -0.15) is 0 Å². The predicted molar refractivity (Wildman–Crippen MR) is 58.5 cm³/mol. The van der Waals surface area contributed by atoms with E-state index in [1.165, 1.54) is 0 Å². The van der Waals surface area contributed by atoms with Crippen LogP contribution in [-0.4, -0.2) is 23.4 Å². The quantitative estimate of drug-likeness (QED) is 0.681. The Hall–Kier alpha value is -0.0800. The van der Waals surface area contributed by atoms with E-state index in [0.717, 1.165) is 12.8 Å². The maximum Gasteiger partial charge on any atom is 0.0918 e. The van der Waals surface area contributed by atoms with Gasteiger partial charge in [0.1, 0.15) is 0 Å². The lowest BCUT2D eigenvalue weighted by molar-refractivity contribution is -0.299. The topological polar surface area (TPSA) is 18.5 Å². The molecule has 0 spiro atoms. The number of hydrogen-bond donors (Lipinski definition) is 0. The maximum absolute atomic E-state index is 6.19. The minimum Gasteiger partial charge on any atom is -0.370 e. The number of hydrogen-bond acceptors (Lipinski definition) is 2. The highest BCUT2D eigenvalue weighted by Gasteiger charge is 2.49. The first kappa shape index (κ1) is 12.0. The van der Waals surface area contributed by atoms with Crippen LogP contribution in [0, 0.1) is 0 Å². The third-order valence-electron chi connectivity index (χ3n) is 3.47. The Bertz CT molecular complexity index is 208. The van der Waals surface area contributed by atoms with Crippen LogP contribution in [0.5, 0.6) is 0 Å². The predicted octanol–water partition coefficient (Wildman–Crippen LogP) is 3.15. The van der Waals surface area contributed by atoms with Crippen LogP contribution in [0.1, 0.15) is 54.4 Å². The van der Waals surface area contributed by atoms with E-state index in [4.69, 9.17) is 9.47 Å². The van der Waals surface area contributed by atoms with Crippen LogP contribution in [0.2, 0.25) is 0 Å². The normalized spacial score (nSPS) is 35.6. The van der Waals surface area contributed by atoms with Gasteiger partial charge in [0.05, 0.1) is 23.4 Å². The van der Waals surface area contributed by atoms with E-state index < -0.39 is 0 Å². The van der Waals surface area contributed by atoms with Crippen molar-refractivity contribution in [2.24, 2.45) is 0 Å². The SMILES string of the molecule is CCCC1(C)COC(C)(C)C(C)(C)O1. The molecule has 0 N–H and O–H groups in total. The summed E-state index contributed by atoms with van der Waals surface area (Å²) in [5.74, 6) is 0. The molecule has 2 heteroatoms. The third-order valence-corrected chi connectivity index (χ3v) is 3.47. The Morgan fingerprint density at radius 2 is 1.57 bits per heavy atom. The van der Waals surface area contributed by atoms with Crippen LogP contribution in [0.15, 0.2) is 0 Å². The molecule has 0 amide bonds. The van der Waals surface area contributed by atoms with Gasteiger partial charge in [0.15, 0.2) is 0 Å². The zero-order valence-electron chi connectivity index (χ0n) is 10.4. The fourth-order valence-electron chi connectivity index (χ4n) is 1.93. The van der Waals surface area contributed by atoms with Gasteiger partial charge in [-0.15, -0.1) is 0 Å². The summed E-state index contributed by atoms with van der Waals surface area (Å²) in [5, 5.41) is 0. The van der Waals surface area contributed by atoms with E-state index in [0.29, 0.717) is 6.61 Å². The van der Waals surface area contributed by atoms with Crippen molar-refractivity contribution in [3.63, 3.8) is 0 Å². The highest BCUT2D eigenvalue weighted by atomic mass is 16.6. The Morgan fingerprint density at radius 1 is 1.00 bits per heavy atom. The second-order valence-corrected chi connectivity index (χ2v) is 5.61. The van der Waals surface area contributed by atoms with E-state index in [1.807, 2.05) is 0 Å². The summed E-state index contributed by atoms with van der Waals surface area (Å²) in [7, 11) is 0. The molecular weight excluding hydrogens is 176 g/mol. The van der Waals surface area contributed by atoms with E-state index >= 15 is 0 Å². The Kier molecular flexibility index (Phi) is 2.99. The molecule has 1 unspecified atom stereocenters. The largest absolute Gasteiger partial charge is 0.370 e. The minimum atomic E-state index is -0.213. The molecule has 1 atom stereocenters. The van der Waals surface area contributed by atoms with Crippen LogP contribution < -0.4 is 0 Å². The van der Waals surface area contributed by atoms with Gasteiger partial charge in [0.2, 0.25) is 0 Å². The van der Waals surface area contributed by atoms with E-state index in [-0.39, 0.29) is 16.8 Å². The molecule has 1 aliphatic rings. The van der Waals surface area contributed by atoms with Gasteiger partial charge in [-0.1, -0.05) is 13.3 Å². The van der Waals surface area contributed by atoms with Crippen LogP contribution in [-0.2, 0) is 9.47 Å². The van der Waals surface area contributed by atoms with Crippen molar-refractivity contribution < 1.29 is 9.47 Å². The molecule has 0 saturated carbocycles. The van der Waals surface area contributed by atoms with Crippen molar-refractivity contribution in [1.82, 2.24) is 0 Å². The first-order valence-electron chi connectivity index (χ1n) is 5.57. The van der Waals surface area contributed by atoms with Crippen LogP contribution in [0.25, 0.3) is 0 Å². The summed E-state index contributed by atoms with van der Waals surface area (Å²) in [6.07, 6.45) is 2.20. The molecule has 84 valence electrons. The van der Waals surface area contributed by atoms with Crippen molar-refractivity contribution in [1.29, 1.82) is 0 Å². The maximum atomic E-state index is 6.19. The first-order valence-corrected chi connectivity index (χ1v) is 5.57. The molecule has 0 aliphatic carbocycles. The van der Waals surface area contributed by atoms with Gasteiger partial charge in [0, 0.05) is 0 Å². The van der Waals surface area contributed by atoms with Gasteiger partial charge in [0.25, 0.3) is 0 Å². The number of ether oxygens (including phenoxy) is 2. The summed E-state index contributed by atoms with van der Waals surface area (Å²) >= 11 is 0. The lowest BCUT2D eigenvalue weighted by Crippen LogP contribution is -2.61. The standard InChI is InChI=1S/C12H24O2/c1-7-8-12(6)9-13-10(2,3)11(4,5)14-12/h7-9H2,1-6H3. The van der Waals surface area contributed by atoms with E-state index in [1.54, 1.807) is 0 Å². The highest BCUT2D eigenvalue weighted by molar-refractivity contribution is 4.97. The Balaban J connectivity index is 2.76. The molecule has 14 heavy (non-hydrogen) atoms. The van der Waals surface area contributed by atoms with Gasteiger partial charge >= 0.3 is 0 Å². The average Bonchev–Trinajstić information content (AvgIpc) is 1.98. The summed E-state index contributed by atoms with van der Waals surface area (Å²) in [4.78, 5) is 0. The average molecular weight is 200 g/mol. The molecule has 1 rings (SSSR count). The van der Waals surface area contributed by atoms with Crippen LogP contribution in [0.3, 0.4) is 0 Å². The summed E-state index contributed by atoms with van der Waals surface area (Å²) in [6.45, 7) is 13.4. The molecule has 1 aliphatic heterocycles. The zero-order valence-corrected chi connectivity index (χ0v) is 10.4. The summed E-state index contributed by atoms with van der Waals surface area (Å²) in [6, 6.07) is 0. The second-order valence-electron chi connectivity index (χ2n) is 5.61. The lowest BCUT2D eigenvalue weighted by atomic mass is 9.85. The highest BCUT2D eigenvalue weighted by Crippen LogP contribution is 2.40. The number of rotatable bonds is 2. The molecule has 0 aromatic heterocycles. The first-order chi connectivity index (χ1) is 6.22. The fraction of sp³-hybridized carbons (Fsp3) is 1.00. The van der Waals surface area contributed by atoms with Crippen LogP contribution in [0.4, 0.5) is 0 Å². The van der Waals surface area contributed by atoms with Crippen molar-refractivity contribution in [3.05, 3.63) is 0 Å². The molecule has 0 radical (unpaired) electrons. The van der Waals surface area contributed by atoms with Crippen LogP contribution >= 0.6 is 0 Å².